The van der Waals surface area contributed by atoms with Crippen molar-refractivity contribution < 1.29 is 9.18 Å². The monoisotopic (exact) mass is 233 g/mol. The van der Waals surface area contributed by atoms with Gasteiger partial charge in [0.15, 0.2) is 0 Å². The maximum Gasteiger partial charge on any atom is 0.227 e. The Kier molecular flexibility index (Phi) is 4.22. The normalized spacial score (nSPS) is 10.1. The van der Waals surface area contributed by atoms with Gasteiger partial charge in [-0.05, 0) is 17.7 Å². The van der Waals surface area contributed by atoms with E-state index >= 15 is 0 Å². The van der Waals surface area contributed by atoms with Gasteiger partial charge in [0.05, 0.1) is 5.75 Å². The molecule has 0 aliphatic rings. The van der Waals surface area contributed by atoms with Crippen molar-refractivity contribution in [2.24, 2.45) is 5.73 Å². The van der Waals surface area contributed by atoms with Crippen molar-refractivity contribution >= 4 is 29.3 Å². The Balaban J connectivity index is 2.55. The van der Waals surface area contributed by atoms with Crippen LogP contribution in [0.4, 0.5) is 4.39 Å². The summed E-state index contributed by atoms with van der Waals surface area (Å²) in [5.41, 5.74) is 5.47. The molecular weight excluding hydrogens is 225 g/mol. The Morgan fingerprint density at radius 1 is 1.57 bits per heavy atom. The van der Waals surface area contributed by atoms with Crippen LogP contribution in [0.3, 0.4) is 0 Å². The molecule has 1 aromatic carbocycles. The lowest BCUT2D eigenvalue weighted by Crippen LogP contribution is -2.13. The van der Waals surface area contributed by atoms with Crippen LogP contribution in [0, 0.1) is 5.82 Å². The number of carbonyl (C=O) groups is 1. The Morgan fingerprint density at radius 3 is 2.86 bits per heavy atom. The van der Waals surface area contributed by atoms with Crippen molar-refractivity contribution in [2.45, 2.75) is 5.75 Å². The van der Waals surface area contributed by atoms with Crippen LogP contribution in [0.25, 0.3) is 0 Å². The van der Waals surface area contributed by atoms with Crippen LogP contribution in [0.5, 0.6) is 0 Å². The molecule has 0 saturated carbocycles. The summed E-state index contributed by atoms with van der Waals surface area (Å²) in [6, 6.07) is 4.47. The fraction of sp³-hybridized carbons (Fsp3) is 0.222. The largest absolute Gasteiger partial charge is 0.369 e. The summed E-state index contributed by atoms with van der Waals surface area (Å²) in [5, 5.41) is 0.367. The SMILES string of the molecule is NC(=O)CSCc1ccc(Cl)cc1F. The fourth-order valence-electron chi connectivity index (χ4n) is 0.900. The minimum Gasteiger partial charge on any atom is -0.369 e. The third-order valence-corrected chi connectivity index (χ3v) is 2.76. The summed E-state index contributed by atoms with van der Waals surface area (Å²) in [6.07, 6.45) is 0. The van der Waals surface area contributed by atoms with Crippen molar-refractivity contribution in [3.8, 4) is 0 Å². The first kappa shape index (κ1) is 11.3. The second-order valence-electron chi connectivity index (χ2n) is 2.69. The van der Waals surface area contributed by atoms with Gasteiger partial charge in [-0.2, -0.15) is 0 Å². The molecule has 0 atom stereocenters. The first-order valence-electron chi connectivity index (χ1n) is 3.89. The van der Waals surface area contributed by atoms with Crippen molar-refractivity contribution in [3.05, 3.63) is 34.6 Å². The van der Waals surface area contributed by atoms with Gasteiger partial charge >= 0.3 is 0 Å². The van der Waals surface area contributed by atoms with Crippen LogP contribution >= 0.6 is 23.4 Å². The molecule has 0 fully saturated rings. The minimum absolute atomic E-state index is 0.196. The highest BCUT2D eigenvalue weighted by Crippen LogP contribution is 2.19. The van der Waals surface area contributed by atoms with E-state index in [1.54, 1.807) is 12.1 Å². The van der Waals surface area contributed by atoms with E-state index in [0.29, 0.717) is 16.3 Å². The summed E-state index contributed by atoms with van der Waals surface area (Å²) in [4.78, 5) is 10.4. The average Bonchev–Trinajstić information content (AvgIpc) is 2.08. The molecule has 0 aliphatic carbocycles. The number of halogens is 2. The third kappa shape index (κ3) is 3.55. The van der Waals surface area contributed by atoms with E-state index in [0.717, 1.165) is 0 Å². The standard InChI is InChI=1S/C9H9ClFNOS/c10-7-2-1-6(8(11)3-7)4-14-5-9(12)13/h1-3H,4-5H2,(H2,12,13). The molecule has 0 saturated heterocycles. The summed E-state index contributed by atoms with van der Waals surface area (Å²) in [6.45, 7) is 0. The molecule has 0 unspecified atom stereocenters. The number of nitrogens with two attached hydrogens (primary N) is 1. The van der Waals surface area contributed by atoms with Crippen molar-refractivity contribution in [2.75, 3.05) is 5.75 Å². The summed E-state index contributed by atoms with van der Waals surface area (Å²) >= 11 is 6.86. The van der Waals surface area contributed by atoms with Gasteiger partial charge in [-0.3, -0.25) is 4.79 Å². The highest BCUT2D eigenvalue weighted by Gasteiger charge is 2.03. The topological polar surface area (TPSA) is 43.1 Å². The molecule has 0 aromatic heterocycles. The lowest BCUT2D eigenvalue weighted by molar-refractivity contribution is -0.115. The molecule has 76 valence electrons. The van der Waals surface area contributed by atoms with Crippen molar-refractivity contribution in [1.82, 2.24) is 0 Å². The van der Waals surface area contributed by atoms with Gasteiger partial charge in [0.25, 0.3) is 0 Å². The zero-order chi connectivity index (χ0) is 10.6. The van der Waals surface area contributed by atoms with Gasteiger partial charge in [-0.15, -0.1) is 11.8 Å². The zero-order valence-electron chi connectivity index (χ0n) is 7.30. The molecule has 1 aromatic rings. The van der Waals surface area contributed by atoms with Crippen LogP contribution in [0.2, 0.25) is 5.02 Å². The predicted molar refractivity (Wildman–Crippen MR) is 56.8 cm³/mol. The summed E-state index contributed by atoms with van der Waals surface area (Å²) < 4.78 is 13.2. The van der Waals surface area contributed by atoms with Crippen LogP contribution in [-0.2, 0) is 10.5 Å². The van der Waals surface area contributed by atoms with E-state index in [-0.39, 0.29) is 11.6 Å². The molecule has 0 spiro atoms. The molecule has 0 heterocycles. The zero-order valence-corrected chi connectivity index (χ0v) is 8.87. The van der Waals surface area contributed by atoms with Crippen LogP contribution in [0.1, 0.15) is 5.56 Å². The molecule has 0 radical (unpaired) electrons. The highest BCUT2D eigenvalue weighted by atomic mass is 35.5. The lowest BCUT2D eigenvalue weighted by Gasteiger charge is -2.02. The maximum absolute atomic E-state index is 13.2. The molecule has 14 heavy (non-hydrogen) atoms. The second kappa shape index (κ2) is 5.22. The van der Waals surface area contributed by atoms with Crippen LogP contribution < -0.4 is 5.73 Å². The third-order valence-electron chi connectivity index (χ3n) is 1.52. The Labute approximate surface area is 90.6 Å². The molecule has 1 amide bonds. The van der Waals surface area contributed by atoms with Crippen molar-refractivity contribution in [3.63, 3.8) is 0 Å². The minimum atomic E-state index is -0.399. The highest BCUT2D eigenvalue weighted by molar-refractivity contribution is 7.99. The number of benzene rings is 1. The number of primary amides is 1. The number of rotatable bonds is 4. The first-order chi connectivity index (χ1) is 6.59. The number of amides is 1. The predicted octanol–water partition coefficient (Wildman–Crippen LogP) is 2.20. The quantitative estimate of drug-likeness (QED) is 0.867. The number of hydrogen-bond donors (Lipinski definition) is 1. The molecule has 5 heteroatoms. The Morgan fingerprint density at radius 2 is 2.29 bits per heavy atom. The molecule has 2 N–H and O–H groups in total. The molecule has 0 bridgehead atoms. The van der Waals surface area contributed by atoms with Gasteiger partial charge in [-0.1, -0.05) is 17.7 Å². The van der Waals surface area contributed by atoms with Crippen LogP contribution in [-0.4, -0.2) is 11.7 Å². The Hall–Kier alpha value is -0.740. The maximum atomic E-state index is 13.2. The van der Waals surface area contributed by atoms with E-state index in [9.17, 15) is 9.18 Å². The van der Waals surface area contributed by atoms with Crippen LogP contribution in [0.15, 0.2) is 18.2 Å². The van der Waals surface area contributed by atoms with E-state index in [2.05, 4.69) is 0 Å². The smallest absolute Gasteiger partial charge is 0.227 e. The summed E-state index contributed by atoms with van der Waals surface area (Å²) in [5.74, 6) is -0.132. The lowest BCUT2D eigenvalue weighted by atomic mass is 10.2. The van der Waals surface area contributed by atoms with E-state index in [1.807, 2.05) is 0 Å². The van der Waals surface area contributed by atoms with Gasteiger partial charge in [0.1, 0.15) is 5.82 Å². The van der Waals surface area contributed by atoms with Crippen molar-refractivity contribution in [1.29, 1.82) is 0 Å². The van der Waals surface area contributed by atoms with Gasteiger partial charge in [0, 0.05) is 10.8 Å². The summed E-state index contributed by atoms with van der Waals surface area (Å²) in [7, 11) is 0. The number of thioether (sulfide) groups is 1. The number of carbonyl (C=O) groups excluding carboxylic acids is 1. The van der Waals surface area contributed by atoms with E-state index in [4.69, 9.17) is 17.3 Å². The average molecular weight is 234 g/mol. The van der Waals surface area contributed by atoms with Gasteiger partial charge in [-0.25, -0.2) is 4.39 Å². The number of hydrogen-bond acceptors (Lipinski definition) is 2. The molecule has 2 nitrogen and oxygen atoms in total. The van der Waals surface area contributed by atoms with E-state index < -0.39 is 5.91 Å². The van der Waals surface area contributed by atoms with Gasteiger partial charge < -0.3 is 5.73 Å². The Bertz CT molecular complexity index is 346. The second-order valence-corrected chi connectivity index (χ2v) is 4.12. The molecular formula is C9H9ClFNOS. The fourth-order valence-corrected chi connectivity index (χ4v) is 1.82. The molecule has 0 aliphatic heterocycles. The first-order valence-corrected chi connectivity index (χ1v) is 5.43. The van der Waals surface area contributed by atoms with Gasteiger partial charge in [0.2, 0.25) is 5.91 Å². The molecule has 1 rings (SSSR count). The van der Waals surface area contributed by atoms with E-state index in [1.165, 1.54) is 17.8 Å².